The summed E-state index contributed by atoms with van der Waals surface area (Å²) in [4.78, 5) is 32.1. The topological polar surface area (TPSA) is 141 Å². The average Bonchev–Trinajstić information content (AvgIpc) is 3.03. The highest BCUT2D eigenvalue weighted by atomic mass is 16.6. The Morgan fingerprint density at radius 3 is 2.60 bits per heavy atom. The molecular formula is C15H12N4O6. The van der Waals surface area contributed by atoms with Gasteiger partial charge in [-0.2, -0.15) is 5.10 Å². The number of nitrogens with one attached hydrogen (secondary N) is 1. The summed E-state index contributed by atoms with van der Waals surface area (Å²) >= 11 is 0. The molecule has 0 atom stereocenters. The number of nitro benzene ring substituents is 1. The summed E-state index contributed by atoms with van der Waals surface area (Å²) in [6.07, 6.45) is 4.06. The van der Waals surface area contributed by atoms with Gasteiger partial charge in [-0.05, 0) is 31.2 Å². The van der Waals surface area contributed by atoms with Gasteiger partial charge in [-0.15, -0.1) is 0 Å². The minimum atomic E-state index is -0.660. The van der Waals surface area contributed by atoms with Crippen LogP contribution >= 0.6 is 0 Å². The van der Waals surface area contributed by atoms with Gasteiger partial charge in [-0.1, -0.05) is 6.07 Å². The molecule has 1 aromatic carbocycles. The second-order valence-corrected chi connectivity index (χ2v) is 4.72. The molecule has 0 aliphatic carbocycles. The van der Waals surface area contributed by atoms with Crippen molar-refractivity contribution in [3.63, 3.8) is 0 Å². The molecule has 1 N–H and O–H groups in total. The SMILES string of the molecule is Cc1c(C(=O)N/N=C/C=C/c2ccc([N+](=O)[O-])o2)cccc1[N+](=O)[O-]. The molecule has 0 spiro atoms. The lowest BCUT2D eigenvalue weighted by Crippen LogP contribution is -2.18. The predicted molar refractivity (Wildman–Crippen MR) is 88.2 cm³/mol. The molecule has 0 fully saturated rings. The first-order chi connectivity index (χ1) is 11.9. The quantitative estimate of drug-likeness (QED) is 0.485. The first kappa shape index (κ1) is 17.5. The molecule has 1 aromatic heterocycles. The zero-order valence-electron chi connectivity index (χ0n) is 12.9. The molecule has 0 bridgehead atoms. The van der Waals surface area contributed by atoms with Gasteiger partial charge >= 0.3 is 5.88 Å². The number of nitrogens with zero attached hydrogens (tertiary/aromatic N) is 3. The number of hydrogen-bond acceptors (Lipinski definition) is 7. The summed E-state index contributed by atoms with van der Waals surface area (Å²) in [7, 11) is 0. The fraction of sp³-hybridized carbons (Fsp3) is 0.0667. The Bertz CT molecular complexity index is 884. The van der Waals surface area contributed by atoms with Crippen LogP contribution in [0.4, 0.5) is 11.6 Å². The number of hydrogen-bond donors (Lipinski definition) is 1. The average molecular weight is 344 g/mol. The summed E-state index contributed by atoms with van der Waals surface area (Å²) in [5.41, 5.74) is 2.45. The highest BCUT2D eigenvalue weighted by molar-refractivity contribution is 5.97. The Hall–Kier alpha value is -3.82. The zero-order valence-corrected chi connectivity index (χ0v) is 12.9. The smallest absolute Gasteiger partial charge is 0.401 e. The van der Waals surface area contributed by atoms with E-state index in [0.717, 1.165) is 0 Å². The standard InChI is InChI=1S/C15H12N4O6/c1-10-12(5-2-6-13(10)18(21)22)15(20)17-16-9-3-4-11-7-8-14(25-11)19(23)24/h2-9H,1H3,(H,17,20)/b4-3+,16-9+. The third-order valence-corrected chi connectivity index (χ3v) is 3.13. The van der Waals surface area contributed by atoms with Gasteiger partial charge in [-0.25, -0.2) is 5.43 Å². The third kappa shape index (κ3) is 4.34. The molecule has 0 aliphatic heterocycles. The van der Waals surface area contributed by atoms with E-state index in [1.54, 1.807) is 0 Å². The molecule has 0 radical (unpaired) electrons. The van der Waals surface area contributed by atoms with Crippen LogP contribution < -0.4 is 5.43 Å². The molecule has 0 saturated carbocycles. The van der Waals surface area contributed by atoms with E-state index < -0.39 is 15.8 Å². The van der Waals surface area contributed by atoms with E-state index >= 15 is 0 Å². The van der Waals surface area contributed by atoms with E-state index in [2.05, 4.69) is 10.5 Å². The van der Waals surface area contributed by atoms with Crippen molar-refractivity contribution in [1.82, 2.24) is 5.43 Å². The van der Waals surface area contributed by atoms with Gasteiger partial charge in [0.15, 0.2) is 0 Å². The van der Waals surface area contributed by atoms with Crippen molar-refractivity contribution in [2.45, 2.75) is 6.92 Å². The summed E-state index contributed by atoms with van der Waals surface area (Å²) in [5.74, 6) is -0.732. The Kier molecular flexibility index (Phi) is 5.36. The van der Waals surface area contributed by atoms with E-state index in [9.17, 15) is 25.0 Å². The molecule has 10 nitrogen and oxygen atoms in total. The molecular weight excluding hydrogens is 332 g/mol. The van der Waals surface area contributed by atoms with Crippen LogP contribution in [0, 0.1) is 27.2 Å². The van der Waals surface area contributed by atoms with Gasteiger partial charge in [0.25, 0.3) is 11.6 Å². The summed E-state index contributed by atoms with van der Waals surface area (Å²) in [6.45, 7) is 1.47. The van der Waals surface area contributed by atoms with E-state index in [0.29, 0.717) is 0 Å². The highest BCUT2D eigenvalue weighted by Gasteiger charge is 2.17. The van der Waals surface area contributed by atoms with Crippen molar-refractivity contribution in [2.24, 2.45) is 5.10 Å². The van der Waals surface area contributed by atoms with Gasteiger partial charge < -0.3 is 4.42 Å². The molecule has 25 heavy (non-hydrogen) atoms. The van der Waals surface area contributed by atoms with Crippen LogP contribution in [0.1, 0.15) is 21.7 Å². The lowest BCUT2D eigenvalue weighted by atomic mass is 10.1. The van der Waals surface area contributed by atoms with Crippen LogP contribution in [0.15, 0.2) is 45.9 Å². The van der Waals surface area contributed by atoms with Gasteiger partial charge in [0.2, 0.25) is 0 Å². The van der Waals surface area contributed by atoms with Crippen LogP contribution in [0.5, 0.6) is 0 Å². The summed E-state index contributed by atoms with van der Waals surface area (Å²) in [6, 6.07) is 6.79. The minimum absolute atomic E-state index is 0.136. The van der Waals surface area contributed by atoms with Crippen LogP contribution in [0.3, 0.4) is 0 Å². The summed E-state index contributed by atoms with van der Waals surface area (Å²) in [5, 5.41) is 25.0. The Balaban J connectivity index is 1.98. The Morgan fingerprint density at radius 2 is 1.96 bits per heavy atom. The van der Waals surface area contributed by atoms with Crippen molar-refractivity contribution in [3.05, 3.63) is 73.5 Å². The molecule has 128 valence electrons. The van der Waals surface area contributed by atoms with Gasteiger partial charge in [0, 0.05) is 17.8 Å². The number of nitro groups is 2. The fourth-order valence-corrected chi connectivity index (χ4v) is 1.93. The first-order valence-corrected chi connectivity index (χ1v) is 6.88. The molecule has 0 saturated heterocycles. The van der Waals surface area contributed by atoms with Crippen molar-refractivity contribution in [3.8, 4) is 0 Å². The number of benzene rings is 1. The van der Waals surface area contributed by atoms with Gasteiger partial charge in [-0.3, -0.25) is 25.0 Å². The van der Waals surface area contributed by atoms with Crippen molar-refractivity contribution < 1.29 is 19.1 Å². The van der Waals surface area contributed by atoms with E-state index in [-0.39, 0.29) is 28.5 Å². The molecule has 0 unspecified atom stereocenters. The lowest BCUT2D eigenvalue weighted by Gasteiger charge is -2.04. The van der Waals surface area contributed by atoms with Crippen LogP contribution in [-0.2, 0) is 0 Å². The molecule has 1 amide bonds. The van der Waals surface area contributed by atoms with E-state index in [1.165, 1.54) is 55.6 Å². The highest BCUT2D eigenvalue weighted by Crippen LogP contribution is 2.20. The number of allylic oxidation sites excluding steroid dienone is 1. The number of hydrazone groups is 1. The molecule has 2 aromatic rings. The summed E-state index contributed by atoms with van der Waals surface area (Å²) < 4.78 is 4.89. The van der Waals surface area contributed by atoms with Crippen LogP contribution in [0.25, 0.3) is 6.08 Å². The van der Waals surface area contributed by atoms with Gasteiger partial charge in [0.1, 0.15) is 10.7 Å². The predicted octanol–water partition coefficient (Wildman–Crippen LogP) is 2.83. The second-order valence-electron chi connectivity index (χ2n) is 4.72. The normalized spacial score (nSPS) is 11.1. The first-order valence-electron chi connectivity index (χ1n) is 6.88. The number of amides is 1. The van der Waals surface area contributed by atoms with Crippen LogP contribution in [-0.4, -0.2) is 22.0 Å². The lowest BCUT2D eigenvalue weighted by molar-refractivity contribution is -0.402. The van der Waals surface area contributed by atoms with Crippen molar-refractivity contribution >= 4 is 29.8 Å². The fourth-order valence-electron chi connectivity index (χ4n) is 1.93. The number of carbonyl (C=O) groups excluding carboxylic acids is 1. The maximum Gasteiger partial charge on any atom is 0.433 e. The van der Waals surface area contributed by atoms with E-state index in [4.69, 9.17) is 4.42 Å². The van der Waals surface area contributed by atoms with E-state index in [1.807, 2.05) is 0 Å². The van der Waals surface area contributed by atoms with Gasteiger partial charge in [0.05, 0.1) is 16.6 Å². The molecule has 10 heteroatoms. The Morgan fingerprint density at radius 1 is 1.20 bits per heavy atom. The number of rotatable bonds is 6. The Labute approximate surface area is 140 Å². The monoisotopic (exact) mass is 344 g/mol. The molecule has 2 rings (SSSR count). The maximum atomic E-state index is 12.0. The molecule has 0 aliphatic rings. The second kappa shape index (κ2) is 7.64. The van der Waals surface area contributed by atoms with Crippen molar-refractivity contribution in [2.75, 3.05) is 0 Å². The number of furan rings is 1. The molecule has 1 heterocycles. The maximum absolute atomic E-state index is 12.0. The number of carbonyl (C=O) groups is 1. The third-order valence-electron chi connectivity index (χ3n) is 3.13. The zero-order chi connectivity index (χ0) is 18.4. The minimum Gasteiger partial charge on any atom is -0.401 e. The van der Waals surface area contributed by atoms with Crippen molar-refractivity contribution in [1.29, 1.82) is 0 Å². The largest absolute Gasteiger partial charge is 0.433 e. The van der Waals surface area contributed by atoms with Crippen LogP contribution in [0.2, 0.25) is 0 Å².